The Hall–Kier alpha value is -2.95. The summed E-state index contributed by atoms with van der Waals surface area (Å²) in [5.74, 6) is -2.90. The number of hydrogen-bond acceptors (Lipinski definition) is 7. The number of ether oxygens (including phenoxy) is 1. The van der Waals surface area contributed by atoms with Gasteiger partial charge in [0.05, 0.1) is 12.7 Å². The number of nitrogen functional groups attached to an aromatic ring is 1. The first-order valence-corrected chi connectivity index (χ1v) is 8.16. The lowest BCUT2D eigenvalue weighted by atomic mass is 9.88. The molecule has 1 unspecified atom stereocenters. The molecule has 2 fully saturated rings. The lowest BCUT2D eigenvalue weighted by molar-refractivity contribution is -0.193. The number of hydrogen-bond donors (Lipinski definition) is 4. The number of anilines is 1. The van der Waals surface area contributed by atoms with Crippen molar-refractivity contribution < 1.29 is 24.5 Å². The molecule has 2 aromatic heterocycles. The summed E-state index contributed by atoms with van der Waals surface area (Å²) < 4.78 is 7.55. The van der Waals surface area contributed by atoms with Crippen LogP contribution in [0.2, 0.25) is 0 Å². The Balaban J connectivity index is 1.89. The molecular weight excluding hydrogens is 346 g/mol. The minimum Gasteiger partial charge on any atom is -0.481 e. The molecule has 0 aromatic carbocycles. The van der Waals surface area contributed by atoms with Crippen LogP contribution < -0.4 is 11.3 Å². The average Bonchev–Trinajstić information content (AvgIpc) is 3.17. The fourth-order valence-electron chi connectivity index (χ4n) is 4.33. The van der Waals surface area contributed by atoms with E-state index in [1.807, 2.05) is 0 Å². The van der Waals surface area contributed by atoms with Gasteiger partial charge in [-0.1, -0.05) is 0 Å². The number of imidazole rings is 1. The first-order valence-electron chi connectivity index (χ1n) is 8.16. The van der Waals surface area contributed by atoms with Gasteiger partial charge in [-0.05, 0) is 25.7 Å². The van der Waals surface area contributed by atoms with Crippen LogP contribution in [0, 0.1) is 5.92 Å². The maximum absolute atomic E-state index is 12.0. The minimum absolute atomic E-state index is 0.0625. The highest BCUT2D eigenvalue weighted by atomic mass is 16.6. The molecule has 5 N–H and O–H groups in total. The van der Waals surface area contributed by atoms with Gasteiger partial charge in [-0.25, -0.2) is 9.78 Å². The second-order valence-electron chi connectivity index (χ2n) is 6.85. The summed E-state index contributed by atoms with van der Waals surface area (Å²) in [4.78, 5) is 45.7. The highest BCUT2D eigenvalue weighted by molar-refractivity contribution is 5.84. The number of nitrogens with zero attached hydrogens (tertiary/aromatic N) is 3. The van der Waals surface area contributed by atoms with Crippen LogP contribution in [-0.4, -0.2) is 47.3 Å². The maximum Gasteiger partial charge on any atom is 0.336 e. The first-order chi connectivity index (χ1) is 12.3. The molecule has 2 aromatic rings. The lowest BCUT2D eigenvalue weighted by Gasteiger charge is -2.33. The lowest BCUT2D eigenvalue weighted by Crippen LogP contribution is -2.44. The van der Waals surface area contributed by atoms with Crippen molar-refractivity contribution >= 4 is 29.1 Å². The molecule has 138 valence electrons. The van der Waals surface area contributed by atoms with E-state index in [4.69, 9.17) is 10.5 Å². The molecule has 4 rings (SSSR count). The summed E-state index contributed by atoms with van der Waals surface area (Å²) in [6.07, 6.45) is 2.70. The normalized spacial score (nSPS) is 30.5. The molecular formula is C15H17N5O6. The van der Waals surface area contributed by atoms with Gasteiger partial charge in [0, 0.05) is 5.92 Å². The van der Waals surface area contributed by atoms with E-state index in [2.05, 4.69) is 15.0 Å². The Labute approximate surface area is 145 Å². The van der Waals surface area contributed by atoms with E-state index in [1.54, 1.807) is 0 Å². The molecule has 3 heterocycles. The number of fused-ring (bicyclic) bond motifs is 2. The van der Waals surface area contributed by atoms with Crippen LogP contribution in [0.5, 0.6) is 0 Å². The predicted molar refractivity (Wildman–Crippen MR) is 86.2 cm³/mol. The van der Waals surface area contributed by atoms with Gasteiger partial charge in [0.15, 0.2) is 22.5 Å². The van der Waals surface area contributed by atoms with E-state index in [0.717, 1.165) is 6.42 Å². The van der Waals surface area contributed by atoms with E-state index in [0.29, 0.717) is 12.8 Å². The molecule has 0 bridgehead atoms. The molecule has 26 heavy (non-hydrogen) atoms. The molecule has 1 saturated heterocycles. The summed E-state index contributed by atoms with van der Waals surface area (Å²) in [5.41, 5.74) is 2.43. The van der Waals surface area contributed by atoms with Crippen LogP contribution in [0.25, 0.3) is 11.2 Å². The number of carbonyl (C=O) groups is 2. The Morgan fingerprint density at radius 3 is 2.92 bits per heavy atom. The number of aromatic nitrogens is 4. The van der Waals surface area contributed by atoms with Crippen LogP contribution in [-0.2, 0) is 20.1 Å². The Kier molecular flexibility index (Phi) is 3.35. The maximum atomic E-state index is 12.0. The number of rotatable bonds is 4. The van der Waals surface area contributed by atoms with Gasteiger partial charge in [-0.15, -0.1) is 0 Å². The molecule has 2 aliphatic rings. The number of aliphatic carboxylic acids is 2. The van der Waals surface area contributed by atoms with Crippen molar-refractivity contribution in [2.24, 2.45) is 5.92 Å². The van der Waals surface area contributed by atoms with Gasteiger partial charge < -0.3 is 20.7 Å². The van der Waals surface area contributed by atoms with Gasteiger partial charge in [0.25, 0.3) is 5.56 Å². The summed E-state index contributed by atoms with van der Waals surface area (Å²) in [7, 11) is 0. The molecule has 3 atom stereocenters. The molecule has 0 spiro atoms. The first kappa shape index (κ1) is 16.5. The third kappa shape index (κ3) is 2.13. The summed E-state index contributed by atoms with van der Waals surface area (Å²) in [6.45, 7) is 0. The van der Waals surface area contributed by atoms with Crippen molar-refractivity contribution in [2.45, 2.75) is 43.4 Å². The highest BCUT2D eigenvalue weighted by Gasteiger charge is 2.63. The number of carboxylic acid groups (broad SMARTS) is 2. The van der Waals surface area contributed by atoms with Crippen molar-refractivity contribution in [1.82, 2.24) is 19.5 Å². The van der Waals surface area contributed by atoms with Crippen LogP contribution >= 0.6 is 0 Å². The third-order valence-corrected chi connectivity index (χ3v) is 5.33. The summed E-state index contributed by atoms with van der Waals surface area (Å²) in [5, 5.41) is 18.9. The third-order valence-electron chi connectivity index (χ3n) is 5.33. The molecule has 0 amide bonds. The molecule has 1 aliphatic carbocycles. The van der Waals surface area contributed by atoms with Crippen LogP contribution in [0.3, 0.4) is 0 Å². The van der Waals surface area contributed by atoms with Crippen LogP contribution in [0.4, 0.5) is 5.95 Å². The topological polar surface area (TPSA) is 173 Å². The van der Waals surface area contributed by atoms with Crippen molar-refractivity contribution in [2.75, 3.05) is 5.73 Å². The zero-order valence-corrected chi connectivity index (χ0v) is 13.6. The van der Waals surface area contributed by atoms with Gasteiger partial charge in [-0.2, -0.15) is 4.98 Å². The molecule has 1 saturated carbocycles. The van der Waals surface area contributed by atoms with Crippen molar-refractivity contribution in [1.29, 1.82) is 0 Å². The largest absolute Gasteiger partial charge is 0.481 e. The molecule has 1 aliphatic heterocycles. The summed E-state index contributed by atoms with van der Waals surface area (Å²) >= 11 is 0. The Bertz CT molecular complexity index is 983. The zero-order chi connectivity index (χ0) is 18.7. The Morgan fingerprint density at radius 1 is 1.46 bits per heavy atom. The highest BCUT2D eigenvalue weighted by Crippen LogP contribution is 2.56. The van der Waals surface area contributed by atoms with Crippen LogP contribution in [0.15, 0.2) is 11.1 Å². The molecule has 0 radical (unpaired) electrons. The average molecular weight is 363 g/mol. The van der Waals surface area contributed by atoms with E-state index < -0.39 is 35.2 Å². The zero-order valence-electron chi connectivity index (χ0n) is 13.6. The van der Waals surface area contributed by atoms with Gasteiger partial charge >= 0.3 is 11.9 Å². The minimum atomic E-state index is -1.83. The van der Waals surface area contributed by atoms with Gasteiger partial charge in [-0.3, -0.25) is 19.1 Å². The van der Waals surface area contributed by atoms with E-state index in [1.165, 1.54) is 10.9 Å². The van der Waals surface area contributed by atoms with Crippen molar-refractivity contribution in [3.63, 3.8) is 0 Å². The monoisotopic (exact) mass is 363 g/mol. The van der Waals surface area contributed by atoms with Crippen molar-refractivity contribution in [3.8, 4) is 0 Å². The van der Waals surface area contributed by atoms with E-state index in [9.17, 15) is 24.6 Å². The quantitative estimate of drug-likeness (QED) is 0.577. The van der Waals surface area contributed by atoms with E-state index in [-0.39, 0.29) is 29.5 Å². The SMILES string of the molecule is Nc1nc2c(ncn2[C@@]23CCCC2C[C@@](CC(=O)O)(C(=O)O)O3)c(=O)[nH]1. The van der Waals surface area contributed by atoms with Crippen molar-refractivity contribution in [3.05, 3.63) is 16.7 Å². The van der Waals surface area contributed by atoms with Gasteiger partial charge in [0.2, 0.25) is 5.95 Å². The number of carboxylic acids is 2. The Morgan fingerprint density at radius 2 is 2.23 bits per heavy atom. The fourth-order valence-corrected chi connectivity index (χ4v) is 4.33. The van der Waals surface area contributed by atoms with E-state index >= 15 is 0 Å². The second-order valence-corrected chi connectivity index (χ2v) is 6.85. The fraction of sp³-hybridized carbons (Fsp3) is 0.533. The molecule has 11 nitrogen and oxygen atoms in total. The van der Waals surface area contributed by atoms with Gasteiger partial charge in [0.1, 0.15) is 0 Å². The number of aromatic amines is 1. The molecule has 11 heteroatoms. The smallest absolute Gasteiger partial charge is 0.336 e. The summed E-state index contributed by atoms with van der Waals surface area (Å²) in [6, 6.07) is 0. The number of H-pyrrole nitrogens is 1. The standard InChI is InChI=1S/C15H17N5O6/c16-13-18-10-9(11(23)19-13)17-6-20(10)15-3-1-2-7(15)4-14(26-15,12(24)25)5-8(21)22/h6-7H,1-5H2,(H,21,22)(H,24,25)(H3,16,18,19,23)/t7?,14-,15-/m1/s1. The number of nitrogens with one attached hydrogen (secondary N) is 1. The van der Waals surface area contributed by atoms with Crippen LogP contribution in [0.1, 0.15) is 32.1 Å². The predicted octanol–water partition coefficient (Wildman–Crippen LogP) is -0.127. The second kappa shape index (κ2) is 5.27. The number of nitrogens with two attached hydrogens (primary N) is 1.